The van der Waals surface area contributed by atoms with Crippen LogP contribution in [0.4, 0.5) is 0 Å². The molecule has 1 unspecified atom stereocenters. The fourth-order valence-electron chi connectivity index (χ4n) is 2.25. The second kappa shape index (κ2) is 9.32. The molecule has 0 aliphatic heterocycles. The Morgan fingerprint density at radius 1 is 1.21 bits per heavy atom. The summed E-state index contributed by atoms with van der Waals surface area (Å²) in [6.45, 7) is 7.71. The fourth-order valence-corrected chi connectivity index (χ4v) is 2.25. The van der Waals surface area contributed by atoms with Crippen LogP contribution >= 0.6 is 0 Å². The van der Waals surface area contributed by atoms with E-state index < -0.39 is 0 Å². The summed E-state index contributed by atoms with van der Waals surface area (Å²) < 4.78 is 0. The zero-order chi connectivity index (χ0) is 14.1. The molecule has 1 amide bonds. The zero-order valence-corrected chi connectivity index (χ0v) is 12.7. The van der Waals surface area contributed by atoms with Crippen molar-refractivity contribution in [3.05, 3.63) is 0 Å². The van der Waals surface area contributed by atoms with Crippen LogP contribution in [0.25, 0.3) is 0 Å². The molecule has 1 fully saturated rings. The molecule has 0 bridgehead atoms. The van der Waals surface area contributed by atoms with E-state index in [0.29, 0.717) is 6.04 Å². The summed E-state index contributed by atoms with van der Waals surface area (Å²) in [5.41, 5.74) is 5.48. The first-order valence-electron chi connectivity index (χ1n) is 7.95. The van der Waals surface area contributed by atoms with Gasteiger partial charge in [-0.15, -0.1) is 0 Å². The summed E-state index contributed by atoms with van der Waals surface area (Å²) >= 11 is 0. The molecule has 1 saturated carbocycles. The Morgan fingerprint density at radius 2 is 1.79 bits per heavy atom. The molecule has 4 heteroatoms. The van der Waals surface area contributed by atoms with E-state index in [1.165, 1.54) is 38.5 Å². The minimum atomic E-state index is -0.196. The third kappa shape index (κ3) is 7.53. The summed E-state index contributed by atoms with van der Waals surface area (Å²) in [4.78, 5) is 13.9. The van der Waals surface area contributed by atoms with Crippen LogP contribution in [0.1, 0.15) is 58.8 Å². The lowest BCUT2D eigenvalue weighted by Gasteiger charge is -2.24. The van der Waals surface area contributed by atoms with Crippen molar-refractivity contribution >= 4 is 5.91 Å². The van der Waals surface area contributed by atoms with Crippen molar-refractivity contribution < 1.29 is 4.79 Å². The molecular weight excluding hydrogens is 238 g/mol. The first-order chi connectivity index (χ1) is 9.17. The van der Waals surface area contributed by atoms with Gasteiger partial charge in [0.1, 0.15) is 0 Å². The molecule has 1 atom stereocenters. The van der Waals surface area contributed by atoms with Gasteiger partial charge in [-0.1, -0.05) is 26.7 Å². The van der Waals surface area contributed by atoms with E-state index in [-0.39, 0.29) is 11.9 Å². The van der Waals surface area contributed by atoms with E-state index in [2.05, 4.69) is 24.1 Å². The average Bonchev–Trinajstić information content (AvgIpc) is 3.20. The van der Waals surface area contributed by atoms with Crippen molar-refractivity contribution in [2.45, 2.75) is 70.9 Å². The van der Waals surface area contributed by atoms with Gasteiger partial charge in [-0.25, -0.2) is 0 Å². The van der Waals surface area contributed by atoms with Crippen LogP contribution in [0.2, 0.25) is 0 Å². The number of amides is 1. The normalized spacial score (nSPS) is 16.8. The number of nitrogens with zero attached hydrogens (tertiary/aromatic N) is 1. The second-order valence-corrected chi connectivity index (χ2v) is 5.73. The van der Waals surface area contributed by atoms with E-state index in [1.807, 2.05) is 0 Å². The van der Waals surface area contributed by atoms with Gasteiger partial charge in [0.15, 0.2) is 0 Å². The first-order valence-corrected chi connectivity index (χ1v) is 7.95. The van der Waals surface area contributed by atoms with Crippen molar-refractivity contribution in [2.24, 2.45) is 5.73 Å². The topological polar surface area (TPSA) is 58.4 Å². The van der Waals surface area contributed by atoms with E-state index >= 15 is 0 Å². The molecule has 1 aliphatic carbocycles. The minimum absolute atomic E-state index is 0.141. The highest BCUT2D eigenvalue weighted by molar-refractivity contribution is 5.79. The molecule has 4 nitrogen and oxygen atoms in total. The number of unbranched alkanes of at least 4 members (excludes halogenated alkanes) is 2. The Hall–Kier alpha value is -0.610. The molecule has 0 radical (unpaired) electrons. The zero-order valence-electron chi connectivity index (χ0n) is 12.7. The van der Waals surface area contributed by atoms with E-state index in [9.17, 15) is 4.79 Å². The minimum Gasteiger partial charge on any atom is -0.368 e. The molecule has 0 heterocycles. The fraction of sp³-hybridized carbons (Fsp3) is 0.933. The number of nitrogens with two attached hydrogens (primary N) is 1. The van der Waals surface area contributed by atoms with Crippen LogP contribution < -0.4 is 11.1 Å². The summed E-state index contributed by atoms with van der Waals surface area (Å²) in [7, 11) is 0. The molecule has 0 saturated heterocycles. The summed E-state index contributed by atoms with van der Waals surface area (Å²) in [6.07, 6.45) is 8.16. The van der Waals surface area contributed by atoms with Crippen LogP contribution in [0, 0.1) is 0 Å². The van der Waals surface area contributed by atoms with Crippen LogP contribution in [0.15, 0.2) is 0 Å². The lowest BCUT2D eigenvalue weighted by Crippen LogP contribution is -2.44. The molecule has 0 aromatic rings. The van der Waals surface area contributed by atoms with E-state index in [1.54, 1.807) is 0 Å². The van der Waals surface area contributed by atoms with Gasteiger partial charge in [-0.2, -0.15) is 0 Å². The summed E-state index contributed by atoms with van der Waals surface area (Å²) in [5.74, 6) is -0.196. The van der Waals surface area contributed by atoms with Crippen LogP contribution in [0.5, 0.6) is 0 Å². The number of carbonyl (C=O) groups excluding carboxylic acids is 1. The number of rotatable bonds is 12. The maximum Gasteiger partial charge on any atom is 0.234 e. The Balaban J connectivity index is 2.30. The number of primary amides is 1. The summed E-state index contributed by atoms with van der Waals surface area (Å²) in [6, 6.07) is 0.399. The van der Waals surface area contributed by atoms with E-state index in [4.69, 9.17) is 5.73 Å². The molecule has 1 rings (SSSR count). The highest BCUT2D eigenvalue weighted by atomic mass is 16.1. The van der Waals surface area contributed by atoms with Gasteiger partial charge in [0.25, 0.3) is 0 Å². The quantitative estimate of drug-likeness (QED) is 0.569. The number of nitrogens with one attached hydrogen (secondary N) is 1. The van der Waals surface area contributed by atoms with E-state index in [0.717, 1.165) is 26.1 Å². The lowest BCUT2D eigenvalue weighted by molar-refractivity contribution is -0.120. The predicted octanol–water partition coefficient (Wildman–Crippen LogP) is 1.88. The second-order valence-electron chi connectivity index (χ2n) is 5.73. The highest BCUT2D eigenvalue weighted by Gasteiger charge is 2.27. The van der Waals surface area contributed by atoms with Gasteiger partial charge in [-0.3, -0.25) is 4.79 Å². The predicted molar refractivity (Wildman–Crippen MR) is 80.0 cm³/mol. The Kier molecular flexibility index (Phi) is 8.07. The van der Waals surface area contributed by atoms with Gasteiger partial charge in [-0.05, 0) is 45.2 Å². The SMILES string of the molecule is CCCCN(CCCC)CCC(NC1CC1)C(N)=O. The third-order valence-corrected chi connectivity index (χ3v) is 3.75. The van der Waals surface area contributed by atoms with Crippen LogP contribution in [-0.2, 0) is 4.79 Å². The van der Waals surface area contributed by atoms with Crippen LogP contribution in [0.3, 0.4) is 0 Å². The maximum atomic E-state index is 11.4. The highest BCUT2D eigenvalue weighted by Crippen LogP contribution is 2.20. The van der Waals surface area contributed by atoms with Crippen molar-refractivity contribution in [3.8, 4) is 0 Å². The van der Waals surface area contributed by atoms with Crippen LogP contribution in [-0.4, -0.2) is 42.5 Å². The maximum absolute atomic E-state index is 11.4. The molecule has 0 aromatic heterocycles. The Morgan fingerprint density at radius 3 is 2.21 bits per heavy atom. The van der Waals surface area contributed by atoms with Crippen molar-refractivity contribution in [3.63, 3.8) is 0 Å². The summed E-state index contributed by atoms with van der Waals surface area (Å²) in [5, 5.41) is 3.36. The van der Waals surface area contributed by atoms with Gasteiger partial charge in [0, 0.05) is 12.6 Å². The average molecular weight is 269 g/mol. The largest absolute Gasteiger partial charge is 0.368 e. The number of carbonyl (C=O) groups is 1. The molecule has 1 aliphatic rings. The Bertz CT molecular complexity index is 246. The van der Waals surface area contributed by atoms with Gasteiger partial charge in [0.05, 0.1) is 6.04 Å². The monoisotopic (exact) mass is 269 g/mol. The molecule has 0 aromatic carbocycles. The van der Waals surface area contributed by atoms with Gasteiger partial charge >= 0.3 is 0 Å². The van der Waals surface area contributed by atoms with Gasteiger partial charge < -0.3 is 16.0 Å². The molecule has 112 valence electrons. The van der Waals surface area contributed by atoms with Crippen molar-refractivity contribution in [1.29, 1.82) is 0 Å². The Labute approximate surface area is 118 Å². The number of hydrogen-bond acceptors (Lipinski definition) is 3. The first kappa shape index (κ1) is 16.4. The third-order valence-electron chi connectivity index (χ3n) is 3.75. The van der Waals surface area contributed by atoms with Crippen molar-refractivity contribution in [2.75, 3.05) is 19.6 Å². The smallest absolute Gasteiger partial charge is 0.234 e. The lowest BCUT2D eigenvalue weighted by atomic mass is 10.1. The molecule has 19 heavy (non-hydrogen) atoms. The standard InChI is InChI=1S/C15H31N3O/c1-3-5-10-18(11-6-4-2)12-9-14(15(16)19)17-13-7-8-13/h13-14,17H,3-12H2,1-2H3,(H2,16,19). The van der Waals surface area contributed by atoms with Crippen molar-refractivity contribution in [1.82, 2.24) is 10.2 Å². The number of hydrogen-bond donors (Lipinski definition) is 2. The molecule has 0 spiro atoms. The van der Waals surface area contributed by atoms with Gasteiger partial charge in [0.2, 0.25) is 5.91 Å². The molecule has 3 N–H and O–H groups in total. The molecular formula is C15H31N3O.